The summed E-state index contributed by atoms with van der Waals surface area (Å²) in [5.74, 6) is 3.20. The molecule has 0 fully saturated rings. The first kappa shape index (κ1) is 13.6. The minimum absolute atomic E-state index is 0.272. The molecule has 1 aromatic rings. The topological polar surface area (TPSA) is 26.3 Å². The first-order valence-electron chi connectivity index (χ1n) is 4.31. The summed E-state index contributed by atoms with van der Waals surface area (Å²) in [6, 6.07) is 3.50. The van der Waals surface area contributed by atoms with Crippen molar-refractivity contribution in [2.45, 2.75) is 6.18 Å². The van der Waals surface area contributed by atoms with Crippen LogP contribution < -0.4 is 0 Å². The van der Waals surface area contributed by atoms with E-state index in [0.29, 0.717) is 0 Å². The van der Waals surface area contributed by atoms with E-state index >= 15 is 0 Å². The molecule has 0 aliphatic carbocycles. The summed E-state index contributed by atoms with van der Waals surface area (Å²) in [7, 11) is 1.10. The fraction of sp³-hybridized carbons (Fsp3) is 0.182. The average molecular weight is 307 g/mol. The smallest absolute Gasteiger partial charge is 0.417 e. The summed E-state index contributed by atoms with van der Waals surface area (Å²) >= 11 is 2.94. The quantitative estimate of drug-likeness (QED) is 0.544. The Morgan fingerprint density at radius 2 is 2.06 bits per heavy atom. The van der Waals surface area contributed by atoms with E-state index in [9.17, 15) is 18.0 Å². The van der Waals surface area contributed by atoms with E-state index in [-0.39, 0.29) is 10.0 Å². The molecule has 90 valence electrons. The van der Waals surface area contributed by atoms with Crippen LogP contribution in [-0.2, 0) is 15.7 Å². The summed E-state index contributed by atoms with van der Waals surface area (Å²) in [6.07, 6.45) is -4.52. The van der Waals surface area contributed by atoms with Crippen LogP contribution in [0.15, 0.2) is 22.7 Å². The summed E-state index contributed by atoms with van der Waals surface area (Å²) < 4.78 is 42.4. The highest BCUT2D eigenvalue weighted by Gasteiger charge is 2.33. The molecule has 0 unspecified atom stereocenters. The molecule has 0 heterocycles. The third-order valence-electron chi connectivity index (χ3n) is 1.77. The van der Waals surface area contributed by atoms with Crippen LogP contribution in [0.25, 0.3) is 0 Å². The number of methoxy groups -OCH3 is 1. The van der Waals surface area contributed by atoms with Crippen LogP contribution in [0.5, 0.6) is 0 Å². The van der Waals surface area contributed by atoms with Crippen molar-refractivity contribution in [2.24, 2.45) is 0 Å². The van der Waals surface area contributed by atoms with Gasteiger partial charge in [-0.2, -0.15) is 13.2 Å². The van der Waals surface area contributed by atoms with Gasteiger partial charge in [-0.15, -0.1) is 0 Å². The molecule has 0 aliphatic rings. The zero-order chi connectivity index (χ0) is 13.1. The van der Waals surface area contributed by atoms with E-state index in [1.807, 2.05) is 5.92 Å². The van der Waals surface area contributed by atoms with Crippen molar-refractivity contribution < 1.29 is 22.7 Å². The van der Waals surface area contributed by atoms with Crippen LogP contribution in [0.1, 0.15) is 11.1 Å². The first-order valence-corrected chi connectivity index (χ1v) is 5.10. The zero-order valence-corrected chi connectivity index (χ0v) is 10.1. The maximum Gasteiger partial charge on any atom is 0.417 e. The molecule has 1 aromatic carbocycles. The molecule has 2 nitrogen and oxygen atoms in total. The van der Waals surface area contributed by atoms with Crippen LogP contribution >= 0.6 is 15.9 Å². The van der Waals surface area contributed by atoms with Crippen molar-refractivity contribution in [2.75, 3.05) is 7.11 Å². The van der Waals surface area contributed by atoms with Gasteiger partial charge >= 0.3 is 12.1 Å². The average Bonchev–Trinajstić information content (AvgIpc) is 2.25. The molecular weight excluding hydrogens is 301 g/mol. The molecular formula is C11H6BrF3O2. The van der Waals surface area contributed by atoms with Gasteiger partial charge in [0, 0.05) is 16.0 Å². The van der Waals surface area contributed by atoms with E-state index in [0.717, 1.165) is 13.2 Å². The normalized spacial score (nSPS) is 10.4. The van der Waals surface area contributed by atoms with Crippen LogP contribution in [0.3, 0.4) is 0 Å². The molecule has 0 saturated heterocycles. The number of rotatable bonds is 0. The molecule has 0 atom stereocenters. The van der Waals surface area contributed by atoms with E-state index in [1.54, 1.807) is 0 Å². The van der Waals surface area contributed by atoms with Crippen molar-refractivity contribution in [3.63, 3.8) is 0 Å². The maximum atomic E-state index is 12.6. The highest BCUT2D eigenvalue weighted by atomic mass is 79.9. The molecule has 0 amide bonds. The number of carbonyl (C=O) groups excluding carboxylic acids is 1. The number of halogens is 4. The SMILES string of the molecule is COC(=O)C#Cc1ccc(Br)cc1C(F)(F)F. The predicted molar refractivity (Wildman–Crippen MR) is 58.0 cm³/mol. The minimum atomic E-state index is -4.52. The second-order valence-corrected chi connectivity index (χ2v) is 3.84. The number of alkyl halides is 3. The van der Waals surface area contributed by atoms with Gasteiger partial charge in [-0.3, -0.25) is 0 Å². The Hall–Kier alpha value is -1.48. The molecule has 0 N–H and O–H groups in total. The molecule has 0 spiro atoms. The van der Waals surface area contributed by atoms with Gasteiger partial charge in [-0.1, -0.05) is 21.9 Å². The Morgan fingerprint density at radius 1 is 1.41 bits per heavy atom. The van der Waals surface area contributed by atoms with Crippen molar-refractivity contribution in [3.8, 4) is 11.8 Å². The van der Waals surface area contributed by atoms with Crippen LogP contribution in [0, 0.1) is 11.8 Å². The van der Waals surface area contributed by atoms with Gasteiger partial charge < -0.3 is 4.74 Å². The Morgan fingerprint density at radius 3 is 2.59 bits per heavy atom. The zero-order valence-electron chi connectivity index (χ0n) is 8.56. The van der Waals surface area contributed by atoms with Gasteiger partial charge in [0.2, 0.25) is 0 Å². The van der Waals surface area contributed by atoms with E-state index < -0.39 is 17.7 Å². The molecule has 0 bridgehead atoms. The van der Waals surface area contributed by atoms with Crippen LogP contribution in [0.4, 0.5) is 13.2 Å². The molecule has 0 aromatic heterocycles. The van der Waals surface area contributed by atoms with Gasteiger partial charge in [0.05, 0.1) is 12.7 Å². The fourth-order valence-corrected chi connectivity index (χ4v) is 1.39. The van der Waals surface area contributed by atoms with E-state index in [1.165, 1.54) is 12.1 Å². The molecule has 0 saturated carbocycles. The lowest BCUT2D eigenvalue weighted by Gasteiger charge is -2.09. The van der Waals surface area contributed by atoms with Gasteiger partial charge in [-0.05, 0) is 18.2 Å². The fourth-order valence-electron chi connectivity index (χ4n) is 1.03. The van der Waals surface area contributed by atoms with Gasteiger partial charge in [-0.25, -0.2) is 4.79 Å². The number of hydrogen-bond acceptors (Lipinski definition) is 2. The van der Waals surface area contributed by atoms with E-state index in [4.69, 9.17) is 0 Å². The van der Waals surface area contributed by atoms with Gasteiger partial charge in [0.25, 0.3) is 0 Å². The lowest BCUT2D eigenvalue weighted by Crippen LogP contribution is -2.08. The number of benzene rings is 1. The third-order valence-corrected chi connectivity index (χ3v) is 2.26. The second-order valence-electron chi connectivity index (χ2n) is 2.93. The Labute approximate surface area is 104 Å². The van der Waals surface area contributed by atoms with Gasteiger partial charge in [0.1, 0.15) is 0 Å². The molecule has 0 radical (unpaired) electrons. The molecule has 0 aliphatic heterocycles. The van der Waals surface area contributed by atoms with Crippen molar-refractivity contribution in [1.29, 1.82) is 0 Å². The molecule has 6 heteroatoms. The Balaban J connectivity index is 3.23. The minimum Gasteiger partial charge on any atom is -0.459 e. The van der Waals surface area contributed by atoms with Crippen LogP contribution in [-0.4, -0.2) is 13.1 Å². The van der Waals surface area contributed by atoms with Crippen LogP contribution in [0.2, 0.25) is 0 Å². The number of hydrogen-bond donors (Lipinski definition) is 0. The van der Waals surface area contributed by atoms with Crippen molar-refractivity contribution in [1.82, 2.24) is 0 Å². The van der Waals surface area contributed by atoms with Crippen molar-refractivity contribution in [3.05, 3.63) is 33.8 Å². The third kappa shape index (κ3) is 3.79. The molecule has 1 rings (SSSR count). The Bertz CT molecular complexity index is 498. The summed E-state index contributed by atoms with van der Waals surface area (Å²) in [4.78, 5) is 10.7. The largest absolute Gasteiger partial charge is 0.459 e. The number of ether oxygens (including phenoxy) is 1. The molecule has 17 heavy (non-hydrogen) atoms. The summed E-state index contributed by atoms with van der Waals surface area (Å²) in [6.45, 7) is 0. The second kappa shape index (κ2) is 5.23. The van der Waals surface area contributed by atoms with E-state index in [2.05, 4.69) is 26.6 Å². The number of esters is 1. The number of carbonyl (C=O) groups is 1. The monoisotopic (exact) mass is 306 g/mol. The first-order chi connectivity index (χ1) is 7.84. The lowest BCUT2D eigenvalue weighted by molar-refractivity contribution is -0.138. The lowest BCUT2D eigenvalue weighted by atomic mass is 10.1. The summed E-state index contributed by atoms with van der Waals surface area (Å²) in [5, 5.41) is 0. The predicted octanol–water partition coefficient (Wildman–Crippen LogP) is 2.99. The maximum absolute atomic E-state index is 12.6. The van der Waals surface area contributed by atoms with Gasteiger partial charge in [0.15, 0.2) is 0 Å². The highest BCUT2D eigenvalue weighted by Crippen LogP contribution is 2.33. The highest BCUT2D eigenvalue weighted by molar-refractivity contribution is 9.10. The Kier molecular flexibility index (Phi) is 4.18. The van der Waals surface area contributed by atoms with Crippen molar-refractivity contribution >= 4 is 21.9 Å². The summed E-state index contributed by atoms with van der Waals surface area (Å²) in [5.41, 5.74) is -1.17. The standard InChI is InChI=1S/C11H6BrF3O2/c1-17-10(16)5-3-7-2-4-8(12)6-9(7)11(13,14)15/h2,4,6H,1H3.